The molecule has 0 spiro atoms. The number of hydrogen-bond acceptors (Lipinski definition) is 5. The summed E-state index contributed by atoms with van der Waals surface area (Å²) in [4.78, 5) is 22.8. The summed E-state index contributed by atoms with van der Waals surface area (Å²) in [6, 6.07) is 0. The normalized spacial score (nSPS) is 8.35. The smallest absolute Gasteiger partial charge is 0.406 e. The Morgan fingerprint density at radius 1 is 0.900 bits per heavy atom. The van der Waals surface area contributed by atoms with E-state index in [9.17, 15) is 9.59 Å². The molecular weight excluding hydrogens is 261 g/mol. The molecule has 0 saturated heterocycles. The second-order valence-corrected chi connectivity index (χ2v) is 2.87. The molecule has 7 nitrogen and oxygen atoms in total. The van der Waals surface area contributed by atoms with Crippen LogP contribution in [0.2, 0.25) is 0 Å². The minimum Gasteiger partial charge on any atom is -0.453 e. The summed E-state index contributed by atoms with van der Waals surface area (Å²) in [6.07, 6.45) is -0.998. The number of ether oxygens (including phenoxy) is 2. The molecule has 0 fully saturated rings. The van der Waals surface area contributed by atoms with Gasteiger partial charge in [-0.3, -0.25) is 0 Å². The summed E-state index contributed by atoms with van der Waals surface area (Å²) in [7, 11) is 8.15. The van der Waals surface area contributed by atoms with Gasteiger partial charge in [-0.15, -0.1) is 0 Å². The van der Waals surface area contributed by atoms with Crippen molar-refractivity contribution < 1.29 is 19.1 Å². The average Bonchev–Trinajstić information content (AvgIpc) is 2.50. The Morgan fingerprint density at radius 2 is 1.20 bits per heavy atom. The van der Waals surface area contributed by atoms with E-state index in [1.54, 1.807) is 0 Å². The van der Waals surface area contributed by atoms with E-state index in [-0.39, 0.29) is 0 Å². The van der Waals surface area contributed by atoms with Crippen molar-refractivity contribution in [3.63, 3.8) is 0 Å². The third-order valence-corrected chi connectivity index (χ3v) is 1.71. The lowest BCUT2D eigenvalue weighted by atomic mass is 10.3. The van der Waals surface area contributed by atoms with Gasteiger partial charge < -0.3 is 24.9 Å². The largest absolute Gasteiger partial charge is 0.453 e. The molecule has 0 atom stereocenters. The zero-order valence-corrected chi connectivity index (χ0v) is 13.5. The molecule has 0 heterocycles. The van der Waals surface area contributed by atoms with Gasteiger partial charge in [0.25, 0.3) is 0 Å². The molecule has 0 aromatic carbocycles. The van der Waals surface area contributed by atoms with Crippen LogP contribution in [0.15, 0.2) is 0 Å². The van der Waals surface area contributed by atoms with Gasteiger partial charge in [0.05, 0.1) is 14.2 Å². The van der Waals surface area contributed by atoms with Crippen molar-refractivity contribution in [3.8, 4) is 0 Å². The molecule has 0 unspecified atom stereocenters. The van der Waals surface area contributed by atoms with Crippen LogP contribution in [0.1, 0.15) is 27.7 Å². The molecule has 118 valence electrons. The lowest BCUT2D eigenvalue weighted by Gasteiger charge is -2.17. The Bertz CT molecular complexity index is 209. The first kappa shape index (κ1) is 23.6. The monoisotopic (exact) mass is 289 g/mol. The predicted octanol–water partition coefficient (Wildman–Crippen LogP) is 1.14. The highest BCUT2D eigenvalue weighted by molar-refractivity contribution is 6.04. The number of rotatable bonds is 6. The van der Waals surface area contributed by atoms with Crippen LogP contribution < -0.4 is 10.6 Å². The molecule has 0 aliphatic rings. The molecule has 0 aromatic rings. The average molecular weight is 289 g/mol. The lowest BCUT2D eigenvalue weighted by Crippen LogP contribution is -2.38. The molecule has 8 heteroatoms. The van der Waals surface area contributed by atoms with Crippen molar-refractivity contribution in [3.05, 3.63) is 0 Å². The van der Waals surface area contributed by atoms with E-state index in [0.29, 0.717) is 26.2 Å². The van der Waals surface area contributed by atoms with Crippen molar-refractivity contribution in [1.82, 2.24) is 15.4 Å². The van der Waals surface area contributed by atoms with E-state index in [0.717, 1.165) is 0 Å². The van der Waals surface area contributed by atoms with E-state index < -0.39 is 12.2 Å². The van der Waals surface area contributed by atoms with Gasteiger partial charge in [0.2, 0.25) is 0 Å². The van der Waals surface area contributed by atoms with Crippen LogP contribution in [0.5, 0.6) is 0 Å². The number of methoxy groups -OCH3 is 2. The summed E-state index contributed by atoms with van der Waals surface area (Å²) < 4.78 is 8.75. The van der Waals surface area contributed by atoms with Crippen molar-refractivity contribution in [1.29, 1.82) is 0 Å². The van der Waals surface area contributed by atoms with Gasteiger partial charge in [0.15, 0.2) is 7.98 Å². The van der Waals surface area contributed by atoms with Gasteiger partial charge in [-0.1, -0.05) is 27.7 Å². The van der Waals surface area contributed by atoms with E-state index in [2.05, 4.69) is 20.1 Å². The Morgan fingerprint density at radius 3 is 1.45 bits per heavy atom. The molecule has 0 saturated carbocycles. The first-order valence-corrected chi connectivity index (χ1v) is 6.73. The number of nitrogens with zero attached hydrogens (tertiary/aromatic N) is 1. The Hall–Kier alpha value is -1.44. The molecule has 0 bridgehead atoms. The molecule has 0 aliphatic heterocycles. The molecule has 0 aliphatic carbocycles. The van der Waals surface area contributed by atoms with Crippen molar-refractivity contribution in [2.24, 2.45) is 0 Å². The Kier molecular flexibility index (Phi) is 23.5. The standard InChI is InChI=1S/C8H16BN3O4.2C2H6/c1-15-7(13)10-3-5-12(9)6-4-11-8(14)16-2;2*1-2/h3-6H2,1-2H3,(H,10,13)(H,11,14);2*1-2H3. The highest BCUT2D eigenvalue weighted by Gasteiger charge is 2.02. The summed E-state index contributed by atoms with van der Waals surface area (Å²) >= 11 is 0. The molecule has 0 rings (SSSR count). The van der Waals surface area contributed by atoms with E-state index in [1.807, 2.05) is 27.7 Å². The third-order valence-electron chi connectivity index (χ3n) is 1.71. The summed E-state index contributed by atoms with van der Waals surface area (Å²) in [5, 5.41) is 4.96. The fraction of sp³-hybridized carbons (Fsp3) is 0.833. The number of nitrogens with one attached hydrogen (secondary N) is 2. The number of alkyl carbamates (subject to hydrolysis) is 2. The first-order valence-electron chi connectivity index (χ1n) is 6.73. The van der Waals surface area contributed by atoms with Crippen LogP contribution in [0.4, 0.5) is 9.59 Å². The maximum Gasteiger partial charge on any atom is 0.406 e. The highest BCUT2D eigenvalue weighted by Crippen LogP contribution is 1.80. The van der Waals surface area contributed by atoms with Crippen LogP contribution in [-0.4, -0.2) is 65.4 Å². The SMILES string of the molecule is CC.CC.[B]N(CCNC(=O)OC)CCNC(=O)OC. The first-order chi connectivity index (χ1) is 9.60. The fourth-order valence-electron chi connectivity index (χ4n) is 0.859. The Balaban J connectivity index is -0.000000656. The quantitative estimate of drug-likeness (QED) is 0.717. The maximum absolute atomic E-state index is 10.7. The molecular formula is C12H28BN3O4. The summed E-state index contributed by atoms with van der Waals surface area (Å²) in [6.45, 7) is 9.67. The van der Waals surface area contributed by atoms with Crippen molar-refractivity contribution >= 4 is 20.2 Å². The molecule has 0 aromatic heterocycles. The van der Waals surface area contributed by atoms with Crippen LogP contribution in [0, 0.1) is 0 Å². The fourth-order valence-corrected chi connectivity index (χ4v) is 0.859. The van der Waals surface area contributed by atoms with Gasteiger partial charge in [-0.25, -0.2) is 9.59 Å². The predicted molar refractivity (Wildman–Crippen MR) is 80.8 cm³/mol. The molecule has 2 N–H and O–H groups in total. The number of carbonyl (C=O) groups excluding carboxylic acids is 2. The van der Waals surface area contributed by atoms with Gasteiger partial charge >= 0.3 is 12.2 Å². The van der Waals surface area contributed by atoms with Crippen LogP contribution in [-0.2, 0) is 9.47 Å². The molecule has 2 radical (unpaired) electrons. The molecule has 20 heavy (non-hydrogen) atoms. The van der Waals surface area contributed by atoms with Gasteiger partial charge in [0, 0.05) is 26.2 Å². The van der Waals surface area contributed by atoms with Crippen LogP contribution in [0.3, 0.4) is 0 Å². The van der Waals surface area contributed by atoms with E-state index in [1.165, 1.54) is 19.0 Å². The summed E-state index contributed by atoms with van der Waals surface area (Å²) in [5.74, 6) is 0. The zero-order chi connectivity index (χ0) is 16.4. The van der Waals surface area contributed by atoms with Crippen molar-refractivity contribution in [2.45, 2.75) is 27.7 Å². The van der Waals surface area contributed by atoms with Crippen LogP contribution in [0.25, 0.3) is 0 Å². The number of hydrogen-bond donors (Lipinski definition) is 2. The van der Waals surface area contributed by atoms with Gasteiger partial charge in [-0.05, 0) is 0 Å². The Labute approximate surface area is 123 Å². The third kappa shape index (κ3) is 18.9. The topological polar surface area (TPSA) is 79.9 Å². The maximum atomic E-state index is 10.7. The second-order valence-electron chi connectivity index (χ2n) is 2.87. The summed E-state index contributed by atoms with van der Waals surface area (Å²) in [5.41, 5.74) is 0. The van der Waals surface area contributed by atoms with E-state index in [4.69, 9.17) is 7.98 Å². The highest BCUT2D eigenvalue weighted by atomic mass is 16.5. The minimum absolute atomic E-state index is 0.376. The lowest BCUT2D eigenvalue weighted by molar-refractivity contribution is 0.170. The minimum atomic E-state index is -0.499. The van der Waals surface area contributed by atoms with Gasteiger partial charge in [0.1, 0.15) is 0 Å². The number of amides is 2. The number of carbonyl (C=O) groups is 2. The molecule has 2 amide bonds. The van der Waals surface area contributed by atoms with Crippen LogP contribution >= 0.6 is 0 Å². The van der Waals surface area contributed by atoms with Crippen molar-refractivity contribution in [2.75, 3.05) is 40.4 Å². The van der Waals surface area contributed by atoms with E-state index >= 15 is 0 Å². The second kappa shape index (κ2) is 19.9. The van der Waals surface area contributed by atoms with Gasteiger partial charge in [-0.2, -0.15) is 0 Å². The zero-order valence-electron chi connectivity index (χ0n) is 13.5.